The van der Waals surface area contributed by atoms with Crippen LogP contribution >= 0.6 is 0 Å². The summed E-state index contributed by atoms with van der Waals surface area (Å²) in [5, 5.41) is -0.245. The van der Waals surface area contributed by atoms with Gasteiger partial charge in [0.15, 0.2) is 9.84 Å². The summed E-state index contributed by atoms with van der Waals surface area (Å²) >= 11 is 0. The van der Waals surface area contributed by atoms with E-state index in [1.54, 1.807) is 0 Å². The van der Waals surface area contributed by atoms with Crippen molar-refractivity contribution in [1.82, 2.24) is 0 Å². The van der Waals surface area contributed by atoms with Gasteiger partial charge in [-0.25, -0.2) is 8.42 Å². The minimum Gasteiger partial charge on any atom is -0.327 e. The lowest BCUT2D eigenvalue weighted by molar-refractivity contribution is 0.465. The van der Waals surface area contributed by atoms with E-state index in [1.165, 1.54) is 12.8 Å². The molecule has 1 heterocycles. The van der Waals surface area contributed by atoms with E-state index in [9.17, 15) is 8.42 Å². The predicted octanol–water partition coefficient (Wildman–Crippen LogP) is 1.47. The number of hydrogen-bond acceptors (Lipinski definition) is 3. The van der Waals surface area contributed by atoms with Crippen LogP contribution in [0.5, 0.6) is 0 Å². The second kappa shape index (κ2) is 4.42. The highest BCUT2D eigenvalue weighted by Gasteiger charge is 2.34. The molecule has 1 aliphatic carbocycles. The third-order valence-electron chi connectivity index (χ3n) is 3.71. The first kappa shape index (κ1) is 11.4. The van der Waals surface area contributed by atoms with Crippen molar-refractivity contribution in [3.63, 3.8) is 0 Å². The number of hydrogen-bond donors (Lipinski definition) is 1. The number of rotatable bonds is 4. The minimum absolute atomic E-state index is 0.115. The lowest BCUT2D eigenvalue weighted by Gasteiger charge is -2.27. The molecule has 0 bridgehead atoms. The lowest BCUT2D eigenvalue weighted by atomic mass is 10.0. The van der Waals surface area contributed by atoms with Gasteiger partial charge in [-0.1, -0.05) is 19.3 Å². The van der Waals surface area contributed by atoms with Gasteiger partial charge in [0.1, 0.15) is 0 Å². The molecule has 0 spiro atoms. The molecule has 2 N–H and O–H groups in total. The van der Waals surface area contributed by atoms with Crippen LogP contribution in [0.2, 0.25) is 0 Å². The van der Waals surface area contributed by atoms with Crippen LogP contribution in [0, 0.1) is 5.92 Å². The normalized spacial score (nSPS) is 32.5. The van der Waals surface area contributed by atoms with Gasteiger partial charge in [-0.2, -0.15) is 0 Å². The van der Waals surface area contributed by atoms with Crippen molar-refractivity contribution in [3.05, 3.63) is 0 Å². The van der Waals surface area contributed by atoms with Crippen molar-refractivity contribution in [2.75, 3.05) is 5.75 Å². The Morgan fingerprint density at radius 3 is 2.53 bits per heavy atom. The van der Waals surface area contributed by atoms with E-state index in [2.05, 4.69) is 0 Å². The van der Waals surface area contributed by atoms with E-state index in [0.29, 0.717) is 5.75 Å². The number of nitrogens with two attached hydrogens (primary N) is 1. The SMILES string of the molecule is NC(CCC1CC1)C1CCCCS1(=O)=O. The van der Waals surface area contributed by atoms with Crippen LogP contribution < -0.4 is 5.73 Å². The summed E-state index contributed by atoms with van der Waals surface area (Å²) in [6.45, 7) is 0. The minimum atomic E-state index is -2.88. The van der Waals surface area contributed by atoms with Crippen molar-refractivity contribution < 1.29 is 8.42 Å². The Balaban J connectivity index is 1.88. The van der Waals surface area contributed by atoms with Gasteiger partial charge in [-0.05, 0) is 31.6 Å². The summed E-state index contributed by atoms with van der Waals surface area (Å²) < 4.78 is 23.6. The van der Waals surface area contributed by atoms with Crippen LogP contribution in [0.4, 0.5) is 0 Å². The molecule has 4 heteroatoms. The van der Waals surface area contributed by atoms with Gasteiger partial charge in [0.2, 0.25) is 0 Å². The molecule has 1 saturated carbocycles. The van der Waals surface area contributed by atoms with Crippen molar-refractivity contribution in [1.29, 1.82) is 0 Å². The highest BCUT2D eigenvalue weighted by Crippen LogP contribution is 2.34. The smallest absolute Gasteiger partial charge is 0.154 e. The Morgan fingerprint density at radius 1 is 1.20 bits per heavy atom. The van der Waals surface area contributed by atoms with E-state index in [4.69, 9.17) is 5.73 Å². The zero-order valence-electron chi connectivity index (χ0n) is 9.19. The van der Waals surface area contributed by atoms with E-state index in [0.717, 1.165) is 38.0 Å². The summed E-state index contributed by atoms with van der Waals surface area (Å²) in [7, 11) is -2.88. The standard InChI is InChI=1S/C11H21NO2S/c12-10(7-6-9-4-5-9)11-3-1-2-8-15(11,13)14/h9-11H,1-8,12H2. The topological polar surface area (TPSA) is 60.2 Å². The van der Waals surface area contributed by atoms with Crippen LogP contribution in [0.25, 0.3) is 0 Å². The molecule has 2 fully saturated rings. The molecule has 15 heavy (non-hydrogen) atoms. The Bertz CT molecular complexity index is 309. The monoisotopic (exact) mass is 231 g/mol. The molecule has 0 amide bonds. The van der Waals surface area contributed by atoms with Crippen LogP contribution in [0.3, 0.4) is 0 Å². The average molecular weight is 231 g/mol. The van der Waals surface area contributed by atoms with Crippen molar-refractivity contribution in [2.24, 2.45) is 11.7 Å². The average Bonchev–Trinajstić information content (AvgIpc) is 2.97. The second-order valence-electron chi connectivity index (χ2n) is 5.09. The summed E-state index contributed by atoms with van der Waals surface area (Å²) in [5.74, 6) is 1.21. The summed E-state index contributed by atoms with van der Waals surface area (Å²) in [5.41, 5.74) is 6.02. The molecule has 3 nitrogen and oxygen atoms in total. The third-order valence-corrected chi connectivity index (χ3v) is 6.08. The van der Waals surface area contributed by atoms with Crippen LogP contribution in [0.1, 0.15) is 44.9 Å². The highest BCUT2D eigenvalue weighted by molar-refractivity contribution is 7.92. The Kier molecular flexibility index (Phi) is 3.36. The van der Waals surface area contributed by atoms with Crippen molar-refractivity contribution >= 4 is 9.84 Å². The molecule has 2 aliphatic rings. The maximum Gasteiger partial charge on any atom is 0.154 e. The van der Waals surface area contributed by atoms with Gasteiger partial charge in [0.05, 0.1) is 11.0 Å². The molecular formula is C11H21NO2S. The summed E-state index contributed by atoms with van der Waals surface area (Å²) in [6.07, 6.45) is 7.32. The van der Waals surface area contributed by atoms with Gasteiger partial charge in [0, 0.05) is 6.04 Å². The molecule has 1 saturated heterocycles. The molecule has 0 aromatic rings. The van der Waals surface area contributed by atoms with Crippen molar-refractivity contribution in [3.8, 4) is 0 Å². The largest absolute Gasteiger partial charge is 0.327 e. The van der Waals surface area contributed by atoms with E-state index >= 15 is 0 Å². The van der Waals surface area contributed by atoms with Gasteiger partial charge in [-0.15, -0.1) is 0 Å². The molecular weight excluding hydrogens is 210 g/mol. The van der Waals surface area contributed by atoms with E-state index in [-0.39, 0.29) is 11.3 Å². The molecule has 1 aliphatic heterocycles. The fraction of sp³-hybridized carbons (Fsp3) is 1.00. The van der Waals surface area contributed by atoms with Gasteiger partial charge in [-0.3, -0.25) is 0 Å². The molecule has 0 radical (unpaired) electrons. The van der Waals surface area contributed by atoms with E-state index < -0.39 is 9.84 Å². The predicted molar refractivity (Wildman–Crippen MR) is 61.4 cm³/mol. The van der Waals surface area contributed by atoms with Gasteiger partial charge >= 0.3 is 0 Å². The first-order valence-corrected chi connectivity index (χ1v) is 7.78. The molecule has 2 atom stereocenters. The van der Waals surface area contributed by atoms with Gasteiger partial charge < -0.3 is 5.73 Å². The second-order valence-corrected chi connectivity index (χ2v) is 7.43. The molecule has 2 unspecified atom stereocenters. The Morgan fingerprint density at radius 2 is 1.93 bits per heavy atom. The van der Waals surface area contributed by atoms with Crippen LogP contribution in [-0.4, -0.2) is 25.5 Å². The fourth-order valence-electron chi connectivity index (χ4n) is 2.48. The lowest BCUT2D eigenvalue weighted by Crippen LogP contribution is -2.43. The maximum absolute atomic E-state index is 11.8. The van der Waals surface area contributed by atoms with Crippen molar-refractivity contribution in [2.45, 2.75) is 56.2 Å². The Labute approximate surface area is 92.3 Å². The first-order chi connectivity index (χ1) is 7.09. The molecule has 88 valence electrons. The Hall–Kier alpha value is -0.0900. The summed E-state index contributed by atoms with van der Waals surface area (Å²) in [4.78, 5) is 0. The molecule has 2 rings (SSSR count). The van der Waals surface area contributed by atoms with Crippen LogP contribution in [-0.2, 0) is 9.84 Å². The zero-order chi connectivity index (χ0) is 10.9. The summed E-state index contributed by atoms with van der Waals surface area (Å²) in [6, 6.07) is -0.115. The quantitative estimate of drug-likeness (QED) is 0.797. The van der Waals surface area contributed by atoms with E-state index in [1.807, 2.05) is 0 Å². The first-order valence-electron chi connectivity index (χ1n) is 6.07. The molecule has 0 aromatic heterocycles. The third kappa shape index (κ3) is 2.94. The zero-order valence-corrected chi connectivity index (χ0v) is 10.0. The van der Waals surface area contributed by atoms with Gasteiger partial charge in [0.25, 0.3) is 0 Å². The maximum atomic E-state index is 11.8. The highest BCUT2D eigenvalue weighted by atomic mass is 32.2. The van der Waals surface area contributed by atoms with Crippen LogP contribution in [0.15, 0.2) is 0 Å². The fourth-order valence-corrected chi connectivity index (χ4v) is 4.58. The number of sulfone groups is 1. The molecule has 0 aromatic carbocycles.